The molecule has 2 N–H and O–H groups in total. The Balaban J connectivity index is 1.75. The Morgan fingerprint density at radius 2 is 2.07 bits per heavy atom. The zero-order valence-corrected chi connectivity index (χ0v) is 17.9. The Bertz CT molecular complexity index is 1000. The number of benzene rings is 1. The third-order valence-corrected chi connectivity index (χ3v) is 5.55. The molecule has 148 valence electrons. The van der Waals surface area contributed by atoms with E-state index in [-0.39, 0.29) is 12.1 Å². The minimum Gasteiger partial charge on any atom is -0.495 e. The number of nitrogens with zero attached hydrogens (tertiary/aromatic N) is 3. The molecule has 1 aliphatic heterocycles. The standard InChI is InChI=1S/C21H25BrN4O2/c1-13(2)28-19-10-20(27-3)17(22)9-16(19)18-12-26-7-5-15(8-21(26)24-18)25-6-4-14(23)11-25/h5,7-10,12-14H,4,6,11,23H2,1-3H3/t14-/m0/s1. The minimum atomic E-state index is 0.0487. The Labute approximate surface area is 173 Å². The lowest BCUT2D eigenvalue weighted by Crippen LogP contribution is -2.26. The van der Waals surface area contributed by atoms with Crippen molar-refractivity contribution in [1.29, 1.82) is 0 Å². The number of fused-ring (bicyclic) bond motifs is 1. The smallest absolute Gasteiger partial charge is 0.139 e. The van der Waals surface area contributed by atoms with E-state index in [0.717, 1.165) is 58.1 Å². The SMILES string of the molecule is COc1cc(OC(C)C)c(-c2cn3ccc(N4CC[C@H](N)C4)cc3n2)cc1Br. The van der Waals surface area contributed by atoms with Crippen molar-refractivity contribution in [3.63, 3.8) is 0 Å². The van der Waals surface area contributed by atoms with Gasteiger partial charge in [0.1, 0.15) is 17.1 Å². The molecule has 7 heteroatoms. The van der Waals surface area contributed by atoms with Crippen molar-refractivity contribution < 1.29 is 9.47 Å². The molecule has 1 atom stereocenters. The zero-order valence-electron chi connectivity index (χ0n) is 16.4. The number of pyridine rings is 1. The number of halogens is 1. The molecule has 0 saturated carbocycles. The average molecular weight is 445 g/mol. The first-order valence-corrected chi connectivity index (χ1v) is 10.3. The van der Waals surface area contributed by atoms with Crippen LogP contribution < -0.4 is 20.1 Å². The van der Waals surface area contributed by atoms with Crippen LogP contribution in [0.15, 0.2) is 41.1 Å². The van der Waals surface area contributed by atoms with Crippen LogP contribution in [0.3, 0.4) is 0 Å². The van der Waals surface area contributed by atoms with Gasteiger partial charge in [0.15, 0.2) is 0 Å². The predicted molar refractivity (Wildman–Crippen MR) is 115 cm³/mol. The van der Waals surface area contributed by atoms with Gasteiger partial charge in [0.05, 0.1) is 23.4 Å². The third kappa shape index (κ3) is 3.69. The summed E-state index contributed by atoms with van der Waals surface area (Å²) in [6.07, 6.45) is 5.15. The monoisotopic (exact) mass is 444 g/mol. The van der Waals surface area contributed by atoms with Gasteiger partial charge >= 0.3 is 0 Å². The predicted octanol–water partition coefficient (Wildman–Crippen LogP) is 4.10. The number of hydrogen-bond acceptors (Lipinski definition) is 5. The largest absolute Gasteiger partial charge is 0.495 e. The molecule has 0 spiro atoms. The van der Waals surface area contributed by atoms with Crippen LogP contribution in [0.1, 0.15) is 20.3 Å². The van der Waals surface area contributed by atoms with E-state index in [2.05, 4.69) is 33.0 Å². The van der Waals surface area contributed by atoms with Crippen LogP contribution in [0.5, 0.6) is 11.5 Å². The molecule has 1 saturated heterocycles. The number of aromatic nitrogens is 2. The number of rotatable bonds is 5. The molecule has 0 radical (unpaired) electrons. The van der Waals surface area contributed by atoms with Crippen LogP contribution in [-0.2, 0) is 0 Å². The van der Waals surface area contributed by atoms with Crippen molar-refractivity contribution in [3.05, 3.63) is 41.1 Å². The molecular formula is C21H25BrN4O2. The van der Waals surface area contributed by atoms with Crippen LogP contribution >= 0.6 is 15.9 Å². The Hall–Kier alpha value is -2.25. The summed E-state index contributed by atoms with van der Waals surface area (Å²) in [5, 5.41) is 0. The summed E-state index contributed by atoms with van der Waals surface area (Å²) in [4.78, 5) is 7.18. The van der Waals surface area contributed by atoms with Crippen molar-refractivity contribution in [3.8, 4) is 22.8 Å². The highest BCUT2D eigenvalue weighted by atomic mass is 79.9. The Kier molecular flexibility index (Phi) is 5.21. The quantitative estimate of drug-likeness (QED) is 0.641. The Morgan fingerprint density at radius 1 is 1.25 bits per heavy atom. The Morgan fingerprint density at radius 3 is 2.75 bits per heavy atom. The van der Waals surface area contributed by atoms with Gasteiger partial charge in [-0.2, -0.15) is 0 Å². The van der Waals surface area contributed by atoms with E-state index in [9.17, 15) is 0 Å². The second kappa shape index (κ2) is 7.64. The van der Waals surface area contributed by atoms with E-state index < -0.39 is 0 Å². The van der Waals surface area contributed by atoms with Gasteiger partial charge in [-0.25, -0.2) is 4.98 Å². The molecule has 1 aromatic carbocycles. The van der Waals surface area contributed by atoms with Crippen molar-refractivity contribution in [1.82, 2.24) is 9.38 Å². The summed E-state index contributed by atoms with van der Waals surface area (Å²) in [6.45, 7) is 5.90. The van der Waals surface area contributed by atoms with Gasteiger partial charge < -0.3 is 24.5 Å². The van der Waals surface area contributed by atoms with Gasteiger partial charge in [-0.05, 0) is 48.3 Å². The average Bonchev–Trinajstić information content (AvgIpc) is 3.27. The van der Waals surface area contributed by atoms with Gasteiger partial charge in [0.2, 0.25) is 0 Å². The molecule has 1 aliphatic rings. The van der Waals surface area contributed by atoms with Crippen LogP contribution in [0, 0.1) is 0 Å². The van der Waals surface area contributed by atoms with Crippen LogP contribution in [0.2, 0.25) is 0 Å². The molecule has 6 nitrogen and oxygen atoms in total. The van der Waals surface area contributed by atoms with E-state index >= 15 is 0 Å². The molecule has 3 aromatic rings. The summed E-state index contributed by atoms with van der Waals surface area (Å²) >= 11 is 3.58. The molecule has 0 amide bonds. The van der Waals surface area contributed by atoms with Crippen molar-refractivity contribution >= 4 is 27.3 Å². The first-order chi connectivity index (χ1) is 13.4. The van der Waals surface area contributed by atoms with Crippen molar-refractivity contribution in [2.45, 2.75) is 32.4 Å². The fourth-order valence-corrected chi connectivity index (χ4v) is 4.07. The number of methoxy groups -OCH3 is 1. The van der Waals surface area contributed by atoms with Gasteiger partial charge in [-0.3, -0.25) is 0 Å². The van der Waals surface area contributed by atoms with Crippen LogP contribution in [0.4, 0.5) is 5.69 Å². The van der Waals surface area contributed by atoms with Crippen molar-refractivity contribution in [2.24, 2.45) is 5.73 Å². The molecule has 0 bridgehead atoms. The summed E-state index contributed by atoms with van der Waals surface area (Å²) in [5.74, 6) is 1.49. The van der Waals surface area contributed by atoms with E-state index in [1.807, 2.05) is 42.8 Å². The maximum atomic E-state index is 6.06. The second-order valence-corrected chi connectivity index (χ2v) is 8.28. The lowest BCUT2D eigenvalue weighted by Gasteiger charge is -2.17. The van der Waals surface area contributed by atoms with E-state index in [0.29, 0.717) is 0 Å². The zero-order chi connectivity index (χ0) is 19.8. The third-order valence-electron chi connectivity index (χ3n) is 4.93. The summed E-state index contributed by atoms with van der Waals surface area (Å²) in [5.41, 5.74) is 9.90. The van der Waals surface area contributed by atoms with E-state index in [4.69, 9.17) is 20.2 Å². The normalized spacial score (nSPS) is 16.9. The highest BCUT2D eigenvalue weighted by Crippen LogP contribution is 2.39. The first kappa shape index (κ1) is 19.1. The van der Waals surface area contributed by atoms with Crippen LogP contribution in [-0.4, -0.2) is 41.7 Å². The molecule has 2 aromatic heterocycles. The fourth-order valence-electron chi connectivity index (χ4n) is 3.56. The number of ether oxygens (including phenoxy) is 2. The maximum absolute atomic E-state index is 6.06. The number of hydrogen-bond donors (Lipinski definition) is 1. The van der Waals surface area contributed by atoms with Gasteiger partial charge in [-0.1, -0.05) is 0 Å². The topological polar surface area (TPSA) is 65.0 Å². The molecule has 28 heavy (non-hydrogen) atoms. The molecule has 4 rings (SSSR count). The number of imidazole rings is 1. The molecule has 0 aliphatic carbocycles. The first-order valence-electron chi connectivity index (χ1n) is 9.48. The van der Waals surface area contributed by atoms with Crippen LogP contribution in [0.25, 0.3) is 16.9 Å². The fraction of sp³-hybridized carbons (Fsp3) is 0.381. The highest BCUT2D eigenvalue weighted by molar-refractivity contribution is 9.10. The molecule has 0 unspecified atom stereocenters. The lowest BCUT2D eigenvalue weighted by atomic mass is 10.1. The summed E-state index contributed by atoms with van der Waals surface area (Å²) < 4.78 is 14.4. The van der Waals surface area contributed by atoms with Gasteiger partial charge in [0, 0.05) is 54.9 Å². The number of anilines is 1. The maximum Gasteiger partial charge on any atom is 0.139 e. The lowest BCUT2D eigenvalue weighted by molar-refractivity contribution is 0.242. The second-order valence-electron chi connectivity index (χ2n) is 7.42. The molecule has 1 fully saturated rings. The molecular weight excluding hydrogens is 420 g/mol. The highest BCUT2D eigenvalue weighted by Gasteiger charge is 2.20. The summed E-state index contributed by atoms with van der Waals surface area (Å²) in [7, 11) is 1.65. The summed E-state index contributed by atoms with van der Waals surface area (Å²) in [6, 6.07) is 8.38. The van der Waals surface area contributed by atoms with E-state index in [1.165, 1.54) is 0 Å². The number of nitrogens with two attached hydrogens (primary N) is 1. The minimum absolute atomic E-state index is 0.0487. The molecule has 3 heterocycles. The van der Waals surface area contributed by atoms with Crippen molar-refractivity contribution in [2.75, 3.05) is 25.1 Å². The van der Waals surface area contributed by atoms with Gasteiger partial charge in [0.25, 0.3) is 0 Å². The van der Waals surface area contributed by atoms with E-state index in [1.54, 1.807) is 7.11 Å². The van der Waals surface area contributed by atoms with Gasteiger partial charge in [-0.15, -0.1) is 0 Å².